The summed E-state index contributed by atoms with van der Waals surface area (Å²) < 4.78 is 2.45. The normalized spacial score (nSPS) is 16.3. The summed E-state index contributed by atoms with van der Waals surface area (Å²) in [5.74, 6) is 0.676. The zero-order valence-corrected chi connectivity index (χ0v) is 15.8. The Kier molecular flexibility index (Phi) is 4.94. The van der Waals surface area contributed by atoms with Crippen molar-refractivity contribution in [3.05, 3.63) is 77.5 Å². The number of allylic oxidation sites excluding steroid dienone is 2. The van der Waals surface area contributed by atoms with Gasteiger partial charge in [-0.1, -0.05) is 48.5 Å². The van der Waals surface area contributed by atoms with Crippen LogP contribution in [0.5, 0.6) is 0 Å². The van der Waals surface area contributed by atoms with Gasteiger partial charge in [0.05, 0.1) is 0 Å². The molecule has 0 unspecified atom stereocenters. The van der Waals surface area contributed by atoms with E-state index in [1.165, 1.54) is 46.0 Å². The predicted octanol–water partition coefficient (Wildman–Crippen LogP) is 5.58. The van der Waals surface area contributed by atoms with Crippen molar-refractivity contribution in [2.75, 3.05) is 13.1 Å². The second-order valence-electron chi connectivity index (χ2n) is 7.38. The molecule has 1 aromatic heterocycles. The van der Waals surface area contributed by atoms with Gasteiger partial charge in [0.1, 0.15) is 0 Å². The van der Waals surface area contributed by atoms with Crippen molar-refractivity contribution in [2.24, 2.45) is 0 Å². The second-order valence-corrected chi connectivity index (χ2v) is 7.38. The standard InChI is InChI=1S/C24H28N2/c1-3-18(2)21-9-5-4-8-20(21)16-26-17-23(19-12-14-25-15-13-19)22-10-6-7-11-24(22)26/h3-11,17,19,25H,12-16H2,1-2H3/b18-3+. The third-order valence-corrected chi connectivity index (χ3v) is 5.81. The molecule has 2 heterocycles. The summed E-state index contributed by atoms with van der Waals surface area (Å²) in [5, 5.41) is 4.92. The van der Waals surface area contributed by atoms with Gasteiger partial charge in [-0.2, -0.15) is 0 Å². The van der Waals surface area contributed by atoms with Crippen molar-refractivity contribution in [3.63, 3.8) is 0 Å². The number of hydrogen-bond acceptors (Lipinski definition) is 1. The fourth-order valence-corrected chi connectivity index (χ4v) is 4.25. The highest BCUT2D eigenvalue weighted by molar-refractivity contribution is 5.84. The number of piperidine rings is 1. The van der Waals surface area contributed by atoms with Crippen LogP contribution >= 0.6 is 0 Å². The summed E-state index contributed by atoms with van der Waals surface area (Å²) in [4.78, 5) is 0. The first kappa shape index (κ1) is 17.1. The van der Waals surface area contributed by atoms with Crippen LogP contribution in [0.2, 0.25) is 0 Å². The molecule has 1 N–H and O–H groups in total. The molecule has 0 amide bonds. The molecule has 1 saturated heterocycles. The lowest BCUT2D eigenvalue weighted by molar-refractivity contribution is 0.461. The van der Waals surface area contributed by atoms with E-state index in [9.17, 15) is 0 Å². The molecule has 0 radical (unpaired) electrons. The highest BCUT2D eigenvalue weighted by Gasteiger charge is 2.20. The molecule has 0 atom stereocenters. The fraction of sp³-hybridized carbons (Fsp3) is 0.333. The van der Waals surface area contributed by atoms with Gasteiger partial charge in [0.25, 0.3) is 0 Å². The fourth-order valence-electron chi connectivity index (χ4n) is 4.25. The molecule has 0 spiro atoms. The highest BCUT2D eigenvalue weighted by Crippen LogP contribution is 2.33. The van der Waals surface area contributed by atoms with Crippen LogP contribution in [0.15, 0.2) is 60.8 Å². The van der Waals surface area contributed by atoms with Crippen LogP contribution in [0, 0.1) is 0 Å². The zero-order valence-electron chi connectivity index (χ0n) is 15.8. The molecule has 0 aliphatic carbocycles. The average molecular weight is 345 g/mol. The van der Waals surface area contributed by atoms with Crippen LogP contribution in [0.25, 0.3) is 16.5 Å². The Bertz CT molecular complexity index is 926. The van der Waals surface area contributed by atoms with E-state index in [1.807, 2.05) is 0 Å². The lowest BCUT2D eigenvalue weighted by Gasteiger charge is -2.22. The molecule has 2 nitrogen and oxygen atoms in total. The van der Waals surface area contributed by atoms with E-state index in [0.717, 1.165) is 19.6 Å². The quantitative estimate of drug-likeness (QED) is 0.654. The van der Waals surface area contributed by atoms with E-state index in [2.05, 4.69) is 84.5 Å². The first-order chi connectivity index (χ1) is 12.8. The van der Waals surface area contributed by atoms with Gasteiger partial charge in [-0.05, 0) is 74.0 Å². The summed E-state index contributed by atoms with van der Waals surface area (Å²) in [7, 11) is 0. The van der Waals surface area contributed by atoms with Gasteiger partial charge >= 0.3 is 0 Å². The number of aromatic nitrogens is 1. The van der Waals surface area contributed by atoms with Gasteiger partial charge in [-0.15, -0.1) is 0 Å². The van der Waals surface area contributed by atoms with Crippen LogP contribution < -0.4 is 5.32 Å². The maximum absolute atomic E-state index is 3.49. The second kappa shape index (κ2) is 7.51. The monoisotopic (exact) mass is 344 g/mol. The Morgan fingerprint density at radius 2 is 1.81 bits per heavy atom. The van der Waals surface area contributed by atoms with Crippen molar-refractivity contribution in [2.45, 2.75) is 39.2 Å². The number of nitrogens with one attached hydrogen (secondary N) is 1. The molecule has 1 fully saturated rings. The molecule has 26 heavy (non-hydrogen) atoms. The zero-order chi connectivity index (χ0) is 17.9. The lowest BCUT2D eigenvalue weighted by Crippen LogP contribution is -2.26. The van der Waals surface area contributed by atoms with Crippen LogP contribution in [-0.4, -0.2) is 17.7 Å². The Labute approximate surface area is 156 Å². The SMILES string of the molecule is C/C=C(\C)c1ccccc1Cn1cc(C2CCNCC2)c2ccccc21. The molecule has 1 aliphatic rings. The van der Waals surface area contributed by atoms with E-state index in [4.69, 9.17) is 0 Å². The minimum atomic E-state index is 0.676. The van der Waals surface area contributed by atoms with Crippen LogP contribution in [0.3, 0.4) is 0 Å². The smallest absolute Gasteiger partial charge is 0.0486 e. The summed E-state index contributed by atoms with van der Waals surface area (Å²) >= 11 is 0. The van der Waals surface area contributed by atoms with Crippen molar-refractivity contribution >= 4 is 16.5 Å². The predicted molar refractivity (Wildman–Crippen MR) is 112 cm³/mol. The number of fused-ring (bicyclic) bond motifs is 1. The van der Waals surface area contributed by atoms with Gasteiger partial charge in [0.15, 0.2) is 0 Å². The summed E-state index contributed by atoms with van der Waals surface area (Å²) in [6, 6.07) is 17.7. The first-order valence-electron chi connectivity index (χ1n) is 9.77. The van der Waals surface area contributed by atoms with Crippen molar-refractivity contribution in [1.29, 1.82) is 0 Å². The first-order valence-corrected chi connectivity index (χ1v) is 9.77. The van der Waals surface area contributed by atoms with Crippen LogP contribution in [0.4, 0.5) is 0 Å². The number of rotatable bonds is 4. The largest absolute Gasteiger partial charge is 0.343 e. The molecule has 2 heteroatoms. The summed E-state index contributed by atoms with van der Waals surface area (Å²) in [6.07, 6.45) is 7.10. The Balaban J connectivity index is 1.76. The van der Waals surface area contributed by atoms with E-state index in [1.54, 1.807) is 0 Å². The van der Waals surface area contributed by atoms with Crippen LogP contribution in [0.1, 0.15) is 49.3 Å². The maximum Gasteiger partial charge on any atom is 0.0486 e. The van der Waals surface area contributed by atoms with Gasteiger partial charge in [0.2, 0.25) is 0 Å². The van der Waals surface area contributed by atoms with E-state index < -0.39 is 0 Å². The number of hydrogen-bond donors (Lipinski definition) is 1. The van der Waals surface area contributed by atoms with Crippen molar-refractivity contribution in [3.8, 4) is 0 Å². The molecule has 0 saturated carbocycles. The lowest BCUT2D eigenvalue weighted by atomic mass is 9.90. The Morgan fingerprint density at radius 1 is 1.08 bits per heavy atom. The highest BCUT2D eigenvalue weighted by atomic mass is 15.0. The third kappa shape index (κ3) is 3.22. The number of nitrogens with zero attached hydrogens (tertiary/aromatic N) is 1. The molecular weight excluding hydrogens is 316 g/mol. The number of benzene rings is 2. The molecule has 0 bridgehead atoms. The van der Waals surface area contributed by atoms with Gasteiger partial charge in [-0.3, -0.25) is 0 Å². The van der Waals surface area contributed by atoms with Crippen molar-refractivity contribution < 1.29 is 0 Å². The molecular formula is C24H28N2. The number of para-hydroxylation sites is 1. The van der Waals surface area contributed by atoms with Gasteiger partial charge in [0, 0.05) is 23.6 Å². The van der Waals surface area contributed by atoms with Crippen molar-refractivity contribution in [1.82, 2.24) is 9.88 Å². The minimum Gasteiger partial charge on any atom is -0.343 e. The average Bonchev–Trinajstić information content (AvgIpc) is 3.07. The Morgan fingerprint density at radius 3 is 2.62 bits per heavy atom. The third-order valence-electron chi connectivity index (χ3n) is 5.81. The summed E-state index contributed by atoms with van der Waals surface area (Å²) in [5.41, 5.74) is 6.98. The van der Waals surface area contributed by atoms with E-state index >= 15 is 0 Å². The summed E-state index contributed by atoms with van der Waals surface area (Å²) in [6.45, 7) is 7.51. The molecule has 1 aliphatic heterocycles. The van der Waals surface area contributed by atoms with Crippen LogP contribution in [-0.2, 0) is 6.54 Å². The van der Waals surface area contributed by atoms with E-state index in [-0.39, 0.29) is 0 Å². The van der Waals surface area contributed by atoms with Gasteiger partial charge in [-0.25, -0.2) is 0 Å². The maximum atomic E-state index is 3.49. The molecule has 3 aromatic rings. The topological polar surface area (TPSA) is 17.0 Å². The van der Waals surface area contributed by atoms with E-state index in [0.29, 0.717) is 5.92 Å². The molecule has 4 rings (SSSR count). The molecule has 134 valence electrons. The Hall–Kier alpha value is -2.32. The van der Waals surface area contributed by atoms with Gasteiger partial charge < -0.3 is 9.88 Å². The molecule has 2 aromatic carbocycles. The minimum absolute atomic E-state index is 0.676.